The van der Waals surface area contributed by atoms with E-state index in [4.69, 9.17) is 11.6 Å². The summed E-state index contributed by atoms with van der Waals surface area (Å²) in [5.41, 5.74) is 1.62. The van der Waals surface area contributed by atoms with Gasteiger partial charge in [0.15, 0.2) is 0 Å². The van der Waals surface area contributed by atoms with Gasteiger partial charge in [0.05, 0.1) is 5.56 Å². The Morgan fingerprint density at radius 2 is 1.92 bits per heavy atom. The fourth-order valence-corrected chi connectivity index (χ4v) is 2.37. The second kappa shape index (κ2) is 9.03. The first-order chi connectivity index (χ1) is 11.6. The van der Waals surface area contributed by atoms with E-state index in [1.54, 1.807) is 23.2 Å². The highest BCUT2D eigenvalue weighted by Gasteiger charge is 2.10. The van der Waals surface area contributed by atoms with E-state index in [1.807, 2.05) is 24.3 Å². The molecular weight excluding hydrogens is 326 g/mol. The van der Waals surface area contributed by atoms with Crippen molar-refractivity contribution in [1.82, 2.24) is 15.2 Å². The Balaban J connectivity index is 1.80. The van der Waals surface area contributed by atoms with Gasteiger partial charge in [-0.2, -0.15) is 0 Å². The van der Waals surface area contributed by atoms with Gasteiger partial charge in [0.2, 0.25) is 5.91 Å². The number of carbonyl (C=O) groups excluding carboxylic acids is 2. The Hall–Kier alpha value is -2.40. The van der Waals surface area contributed by atoms with Crippen LogP contribution in [0, 0.1) is 0 Å². The summed E-state index contributed by atoms with van der Waals surface area (Å²) in [5, 5.41) is 3.49. The second-order valence-electron chi connectivity index (χ2n) is 5.38. The maximum Gasteiger partial charge on any atom is 0.252 e. The molecule has 126 valence electrons. The van der Waals surface area contributed by atoms with Crippen LogP contribution in [0.25, 0.3) is 0 Å². The third kappa shape index (κ3) is 5.66. The van der Waals surface area contributed by atoms with Crippen LogP contribution in [0.5, 0.6) is 0 Å². The van der Waals surface area contributed by atoms with Crippen molar-refractivity contribution in [2.75, 3.05) is 19.6 Å². The molecule has 1 aromatic heterocycles. The van der Waals surface area contributed by atoms with E-state index in [1.165, 1.54) is 13.1 Å². The van der Waals surface area contributed by atoms with E-state index in [0.29, 0.717) is 30.2 Å². The van der Waals surface area contributed by atoms with Crippen LogP contribution >= 0.6 is 11.6 Å². The molecular formula is C18H20ClN3O2. The highest BCUT2D eigenvalue weighted by atomic mass is 35.5. The molecule has 0 saturated carbocycles. The summed E-state index contributed by atoms with van der Waals surface area (Å²) >= 11 is 5.86. The number of amides is 2. The molecule has 6 heteroatoms. The molecule has 0 aliphatic carbocycles. The summed E-state index contributed by atoms with van der Waals surface area (Å²) in [6, 6.07) is 11.0. The normalized spacial score (nSPS) is 10.2. The van der Waals surface area contributed by atoms with Crippen LogP contribution in [0.4, 0.5) is 0 Å². The summed E-state index contributed by atoms with van der Waals surface area (Å²) in [7, 11) is 0. The first-order valence-corrected chi connectivity index (χ1v) is 8.12. The van der Waals surface area contributed by atoms with Crippen molar-refractivity contribution in [2.45, 2.75) is 13.3 Å². The van der Waals surface area contributed by atoms with Gasteiger partial charge in [-0.3, -0.25) is 14.6 Å². The van der Waals surface area contributed by atoms with E-state index in [0.717, 1.165) is 12.0 Å². The van der Waals surface area contributed by atoms with Gasteiger partial charge < -0.3 is 10.2 Å². The predicted octanol–water partition coefficient (Wildman–Crippen LogP) is 2.56. The van der Waals surface area contributed by atoms with Gasteiger partial charge in [-0.25, -0.2) is 0 Å². The van der Waals surface area contributed by atoms with Gasteiger partial charge in [0.25, 0.3) is 5.91 Å². The number of hydrogen-bond donors (Lipinski definition) is 1. The van der Waals surface area contributed by atoms with Gasteiger partial charge in [-0.05, 0) is 36.2 Å². The van der Waals surface area contributed by atoms with Crippen LogP contribution in [-0.4, -0.2) is 41.3 Å². The highest BCUT2D eigenvalue weighted by Crippen LogP contribution is 2.10. The smallest absolute Gasteiger partial charge is 0.252 e. The topological polar surface area (TPSA) is 62.3 Å². The molecule has 0 aliphatic rings. The number of halogens is 1. The van der Waals surface area contributed by atoms with Crippen LogP contribution in [-0.2, 0) is 11.2 Å². The van der Waals surface area contributed by atoms with Gasteiger partial charge in [-0.15, -0.1) is 0 Å². The van der Waals surface area contributed by atoms with Crippen LogP contribution < -0.4 is 5.32 Å². The van der Waals surface area contributed by atoms with Gasteiger partial charge in [0, 0.05) is 44.0 Å². The molecule has 2 aromatic rings. The number of nitrogens with one attached hydrogen (secondary N) is 1. The number of hydrogen-bond acceptors (Lipinski definition) is 3. The molecule has 0 spiro atoms. The van der Waals surface area contributed by atoms with Crippen molar-refractivity contribution >= 4 is 23.4 Å². The Bertz CT molecular complexity index is 674. The van der Waals surface area contributed by atoms with Crippen molar-refractivity contribution in [3.63, 3.8) is 0 Å². The van der Waals surface area contributed by atoms with Gasteiger partial charge in [0.1, 0.15) is 0 Å². The molecule has 2 rings (SSSR count). The third-order valence-electron chi connectivity index (χ3n) is 3.62. The van der Waals surface area contributed by atoms with Crippen molar-refractivity contribution in [3.05, 3.63) is 64.9 Å². The third-order valence-corrected chi connectivity index (χ3v) is 3.87. The lowest BCUT2D eigenvalue weighted by Gasteiger charge is -2.21. The maximum atomic E-state index is 11.9. The van der Waals surface area contributed by atoms with Crippen molar-refractivity contribution in [2.24, 2.45) is 0 Å². The Labute approximate surface area is 146 Å². The molecule has 2 amide bonds. The Morgan fingerprint density at radius 3 is 2.54 bits per heavy atom. The summed E-state index contributed by atoms with van der Waals surface area (Å²) in [4.78, 5) is 29.3. The fourth-order valence-electron chi connectivity index (χ4n) is 2.25. The molecule has 1 N–H and O–H groups in total. The largest absolute Gasteiger partial charge is 0.350 e. The van der Waals surface area contributed by atoms with Crippen molar-refractivity contribution in [3.8, 4) is 0 Å². The van der Waals surface area contributed by atoms with Crippen LogP contribution in [0.3, 0.4) is 0 Å². The molecule has 0 radical (unpaired) electrons. The lowest BCUT2D eigenvalue weighted by Crippen LogP contribution is -2.38. The number of benzene rings is 1. The average Bonchev–Trinajstić information content (AvgIpc) is 2.59. The van der Waals surface area contributed by atoms with Gasteiger partial charge in [-0.1, -0.05) is 23.7 Å². The quantitative estimate of drug-likeness (QED) is 0.838. The molecule has 1 aromatic carbocycles. The fraction of sp³-hybridized carbons (Fsp3) is 0.278. The minimum Gasteiger partial charge on any atom is -0.350 e. The Morgan fingerprint density at radius 1 is 1.17 bits per heavy atom. The van der Waals surface area contributed by atoms with Crippen molar-refractivity contribution in [1.29, 1.82) is 0 Å². The summed E-state index contributed by atoms with van der Waals surface area (Å²) in [6.45, 7) is 2.99. The zero-order chi connectivity index (χ0) is 17.4. The summed E-state index contributed by atoms with van der Waals surface area (Å²) in [6.07, 6.45) is 3.87. The van der Waals surface area contributed by atoms with E-state index >= 15 is 0 Å². The van der Waals surface area contributed by atoms with E-state index in [9.17, 15) is 9.59 Å². The predicted molar refractivity (Wildman–Crippen MR) is 94.0 cm³/mol. The number of aromatic nitrogens is 1. The van der Waals surface area contributed by atoms with E-state index in [-0.39, 0.29) is 11.8 Å². The molecule has 1 heterocycles. The monoisotopic (exact) mass is 345 g/mol. The molecule has 5 nitrogen and oxygen atoms in total. The number of nitrogens with zero attached hydrogens (tertiary/aromatic N) is 2. The lowest BCUT2D eigenvalue weighted by molar-refractivity contribution is -0.128. The molecule has 0 aliphatic heterocycles. The van der Waals surface area contributed by atoms with Gasteiger partial charge >= 0.3 is 0 Å². The molecule has 24 heavy (non-hydrogen) atoms. The lowest BCUT2D eigenvalue weighted by atomic mass is 10.1. The number of pyridine rings is 1. The van der Waals surface area contributed by atoms with Crippen LogP contribution in [0.2, 0.25) is 5.02 Å². The summed E-state index contributed by atoms with van der Waals surface area (Å²) in [5.74, 6) is -0.205. The molecule has 0 fully saturated rings. The minimum absolute atomic E-state index is 0.0143. The molecule has 0 saturated heterocycles. The average molecular weight is 346 g/mol. The summed E-state index contributed by atoms with van der Waals surface area (Å²) < 4.78 is 0. The Kier molecular flexibility index (Phi) is 6.75. The zero-order valence-corrected chi connectivity index (χ0v) is 14.3. The number of carbonyl (C=O) groups is 2. The SMILES string of the molecule is CC(=O)N(CCNC(=O)c1cccnc1)CCc1ccc(Cl)cc1. The highest BCUT2D eigenvalue weighted by molar-refractivity contribution is 6.30. The van der Waals surface area contributed by atoms with Crippen LogP contribution in [0.1, 0.15) is 22.8 Å². The molecule has 0 bridgehead atoms. The van der Waals surface area contributed by atoms with Crippen molar-refractivity contribution < 1.29 is 9.59 Å². The molecule has 0 unspecified atom stereocenters. The first-order valence-electron chi connectivity index (χ1n) is 7.74. The maximum absolute atomic E-state index is 11.9. The number of rotatable bonds is 7. The first kappa shape index (κ1) is 17.9. The zero-order valence-electron chi connectivity index (χ0n) is 13.5. The minimum atomic E-state index is -0.190. The second-order valence-corrected chi connectivity index (χ2v) is 5.82. The van der Waals surface area contributed by atoms with E-state index < -0.39 is 0 Å². The van der Waals surface area contributed by atoms with E-state index in [2.05, 4.69) is 10.3 Å². The van der Waals surface area contributed by atoms with Crippen LogP contribution in [0.15, 0.2) is 48.8 Å². The molecule has 0 atom stereocenters. The standard InChI is InChI=1S/C18H20ClN3O2/c1-14(23)22(11-8-15-4-6-17(19)7-5-15)12-10-21-18(24)16-3-2-9-20-13-16/h2-7,9,13H,8,10-12H2,1H3,(H,21,24).